The van der Waals surface area contributed by atoms with Crippen LogP contribution in [0.25, 0.3) is 0 Å². The van der Waals surface area contributed by atoms with Gasteiger partial charge in [-0.2, -0.15) is 0 Å². The van der Waals surface area contributed by atoms with Crippen LogP contribution in [0.4, 0.5) is 0 Å². The maximum atomic E-state index is 11.9. The number of hydrogen-bond acceptors (Lipinski definition) is 2. The maximum absolute atomic E-state index is 11.9. The van der Waals surface area contributed by atoms with E-state index in [1.807, 2.05) is 0 Å². The molecule has 98 valence electrons. The van der Waals surface area contributed by atoms with E-state index in [2.05, 4.69) is 18.7 Å². The van der Waals surface area contributed by atoms with E-state index in [4.69, 9.17) is 0 Å². The predicted octanol–water partition coefficient (Wildman–Crippen LogP) is 3.11. The van der Waals surface area contributed by atoms with E-state index in [1.54, 1.807) is 0 Å². The summed E-state index contributed by atoms with van der Waals surface area (Å²) in [6.45, 7) is 7.89. The van der Waals surface area contributed by atoms with Gasteiger partial charge in [0.25, 0.3) is 0 Å². The molecule has 2 rings (SSSR count). The van der Waals surface area contributed by atoms with Crippen LogP contribution in [-0.2, 0) is 4.79 Å². The zero-order valence-electron chi connectivity index (χ0n) is 11.5. The molecule has 0 aliphatic heterocycles. The van der Waals surface area contributed by atoms with Gasteiger partial charge in [-0.15, -0.1) is 0 Å². The summed E-state index contributed by atoms with van der Waals surface area (Å²) in [6, 6.07) is 0. The van der Waals surface area contributed by atoms with Crippen LogP contribution in [0.5, 0.6) is 0 Å². The Morgan fingerprint density at radius 3 is 2.59 bits per heavy atom. The minimum Gasteiger partial charge on any atom is -0.303 e. The maximum Gasteiger partial charge on any atom is 0.137 e. The molecule has 0 radical (unpaired) electrons. The second kappa shape index (κ2) is 5.99. The van der Waals surface area contributed by atoms with E-state index in [-0.39, 0.29) is 0 Å². The second-order valence-electron chi connectivity index (χ2n) is 6.19. The molecule has 0 spiro atoms. The lowest BCUT2D eigenvalue weighted by atomic mass is 9.80. The Bertz CT molecular complexity index is 260. The lowest BCUT2D eigenvalue weighted by Crippen LogP contribution is -2.39. The molecule has 2 heteroatoms. The molecule has 17 heavy (non-hydrogen) atoms. The number of carbonyl (C=O) groups excluding carboxylic acids is 1. The van der Waals surface area contributed by atoms with Gasteiger partial charge >= 0.3 is 0 Å². The molecule has 2 aliphatic carbocycles. The standard InChI is InChI=1S/C15H27NO/c1-3-16(10-13-5-4-6-13)11-14-9-12(2)7-8-15(14)17/h12-14H,3-11H2,1-2H3. The van der Waals surface area contributed by atoms with Crippen LogP contribution in [-0.4, -0.2) is 30.3 Å². The number of hydrogen-bond donors (Lipinski definition) is 0. The SMILES string of the molecule is CCN(CC1CCC1)CC1CC(C)CCC1=O. The number of carbonyl (C=O) groups is 1. The molecule has 2 saturated carbocycles. The summed E-state index contributed by atoms with van der Waals surface area (Å²) in [5.41, 5.74) is 0. The minimum absolute atomic E-state index is 0.332. The van der Waals surface area contributed by atoms with Gasteiger partial charge in [-0.05, 0) is 44.1 Å². The first-order valence-electron chi connectivity index (χ1n) is 7.44. The Labute approximate surface area is 106 Å². The topological polar surface area (TPSA) is 20.3 Å². The number of Topliss-reactive ketones (excluding diaryl/α,β-unsaturated/α-hetero) is 1. The van der Waals surface area contributed by atoms with Crippen molar-refractivity contribution in [2.24, 2.45) is 17.8 Å². The van der Waals surface area contributed by atoms with Crippen molar-refractivity contribution < 1.29 is 4.79 Å². The summed E-state index contributed by atoms with van der Waals surface area (Å²) < 4.78 is 0. The van der Waals surface area contributed by atoms with Crippen molar-refractivity contribution in [1.29, 1.82) is 0 Å². The second-order valence-corrected chi connectivity index (χ2v) is 6.19. The van der Waals surface area contributed by atoms with Gasteiger partial charge < -0.3 is 4.90 Å². The number of ketones is 1. The van der Waals surface area contributed by atoms with Crippen LogP contribution < -0.4 is 0 Å². The quantitative estimate of drug-likeness (QED) is 0.732. The summed E-state index contributed by atoms with van der Waals surface area (Å²) >= 11 is 0. The lowest BCUT2D eigenvalue weighted by molar-refractivity contribution is -0.126. The molecule has 0 bridgehead atoms. The first kappa shape index (κ1) is 13.1. The van der Waals surface area contributed by atoms with Crippen LogP contribution in [0.2, 0.25) is 0 Å². The van der Waals surface area contributed by atoms with E-state index >= 15 is 0 Å². The first-order valence-corrected chi connectivity index (χ1v) is 7.44. The molecule has 0 amide bonds. The monoisotopic (exact) mass is 237 g/mol. The van der Waals surface area contributed by atoms with Crippen molar-refractivity contribution in [3.05, 3.63) is 0 Å². The van der Waals surface area contributed by atoms with Crippen LogP contribution in [0.15, 0.2) is 0 Å². The third-order valence-corrected chi connectivity index (χ3v) is 4.69. The van der Waals surface area contributed by atoms with Crippen molar-refractivity contribution in [3.63, 3.8) is 0 Å². The van der Waals surface area contributed by atoms with Gasteiger partial charge in [0.2, 0.25) is 0 Å². The summed E-state index contributed by atoms with van der Waals surface area (Å²) in [5.74, 6) is 2.53. The summed E-state index contributed by atoms with van der Waals surface area (Å²) in [4.78, 5) is 14.5. The van der Waals surface area contributed by atoms with Crippen molar-refractivity contribution in [2.45, 2.75) is 52.4 Å². The summed E-state index contributed by atoms with van der Waals surface area (Å²) in [6.07, 6.45) is 7.30. The minimum atomic E-state index is 0.332. The Hall–Kier alpha value is -0.370. The van der Waals surface area contributed by atoms with Crippen LogP contribution in [0.3, 0.4) is 0 Å². The molecule has 0 heterocycles. The fraction of sp³-hybridized carbons (Fsp3) is 0.933. The average Bonchev–Trinajstić information content (AvgIpc) is 2.26. The van der Waals surface area contributed by atoms with E-state index in [1.165, 1.54) is 25.8 Å². The molecule has 2 nitrogen and oxygen atoms in total. The van der Waals surface area contributed by atoms with Crippen LogP contribution in [0.1, 0.15) is 52.4 Å². The van der Waals surface area contributed by atoms with E-state index in [9.17, 15) is 4.79 Å². The van der Waals surface area contributed by atoms with Gasteiger partial charge in [0.05, 0.1) is 0 Å². The van der Waals surface area contributed by atoms with Gasteiger partial charge in [0.1, 0.15) is 5.78 Å². The molecular formula is C15H27NO. The molecule has 2 unspecified atom stereocenters. The largest absolute Gasteiger partial charge is 0.303 e. The smallest absolute Gasteiger partial charge is 0.137 e. The van der Waals surface area contributed by atoms with Gasteiger partial charge in [-0.3, -0.25) is 4.79 Å². The predicted molar refractivity (Wildman–Crippen MR) is 71.0 cm³/mol. The Kier molecular flexibility index (Phi) is 4.61. The van der Waals surface area contributed by atoms with Crippen molar-refractivity contribution in [1.82, 2.24) is 4.90 Å². The highest BCUT2D eigenvalue weighted by Crippen LogP contribution is 2.29. The zero-order valence-corrected chi connectivity index (χ0v) is 11.5. The fourth-order valence-electron chi connectivity index (χ4n) is 3.19. The summed E-state index contributed by atoms with van der Waals surface area (Å²) in [5, 5.41) is 0. The molecule has 2 fully saturated rings. The van der Waals surface area contributed by atoms with E-state index < -0.39 is 0 Å². The molecule has 0 aromatic rings. The summed E-state index contributed by atoms with van der Waals surface area (Å²) in [7, 11) is 0. The number of rotatable bonds is 5. The molecule has 0 N–H and O–H groups in total. The molecule has 0 aromatic carbocycles. The third-order valence-electron chi connectivity index (χ3n) is 4.69. The molecule has 2 atom stereocenters. The highest BCUT2D eigenvalue weighted by molar-refractivity contribution is 5.81. The average molecular weight is 237 g/mol. The van der Waals surface area contributed by atoms with Gasteiger partial charge in [0, 0.05) is 25.4 Å². The van der Waals surface area contributed by atoms with Crippen LogP contribution >= 0.6 is 0 Å². The van der Waals surface area contributed by atoms with Crippen molar-refractivity contribution in [2.75, 3.05) is 19.6 Å². The first-order chi connectivity index (χ1) is 8.19. The third kappa shape index (κ3) is 3.54. The van der Waals surface area contributed by atoms with Crippen LogP contribution in [0, 0.1) is 17.8 Å². The molecule has 0 saturated heterocycles. The van der Waals surface area contributed by atoms with Gasteiger partial charge in [0.15, 0.2) is 0 Å². The Morgan fingerprint density at radius 2 is 2.00 bits per heavy atom. The lowest BCUT2D eigenvalue weighted by Gasteiger charge is -2.35. The Morgan fingerprint density at radius 1 is 1.24 bits per heavy atom. The number of nitrogens with zero attached hydrogens (tertiary/aromatic N) is 1. The molecule has 0 aromatic heterocycles. The normalized spacial score (nSPS) is 30.6. The van der Waals surface area contributed by atoms with Crippen molar-refractivity contribution in [3.8, 4) is 0 Å². The highest BCUT2D eigenvalue weighted by atomic mass is 16.1. The highest BCUT2D eigenvalue weighted by Gasteiger charge is 2.29. The Balaban J connectivity index is 1.81. The fourth-order valence-corrected chi connectivity index (χ4v) is 3.19. The molecule has 2 aliphatic rings. The van der Waals surface area contributed by atoms with E-state index in [0.29, 0.717) is 11.7 Å². The van der Waals surface area contributed by atoms with Gasteiger partial charge in [-0.25, -0.2) is 0 Å². The zero-order chi connectivity index (χ0) is 12.3. The van der Waals surface area contributed by atoms with E-state index in [0.717, 1.165) is 44.2 Å². The van der Waals surface area contributed by atoms with Crippen molar-refractivity contribution >= 4 is 5.78 Å². The van der Waals surface area contributed by atoms with Gasteiger partial charge in [-0.1, -0.05) is 20.3 Å². The molecular weight excluding hydrogens is 210 g/mol.